The minimum Gasteiger partial charge on any atom is -0.479 e. The number of ether oxygens (including phenoxy) is 1. The second-order valence-corrected chi connectivity index (χ2v) is 5.84. The third-order valence-corrected chi connectivity index (χ3v) is 4.26. The maximum Gasteiger partial charge on any atom is 0.332 e. The topological polar surface area (TPSA) is 66.8 Å². The first-order valence-corrected chi connectivity index (χ1v) is 7.87. The summed E-state index contributed by atoms with van der Waals surface area (Å²) in [6.45, 7) is 0. The third kappa shape index (κ3) is 3.31. The molecule has 0 aliphatic carbocycles. The summed E-state index contributed by atoms with van der Waals surface area (Å²) in [5.41, 5.74) is 2.94. The van der Waals surface area contributed by atoms with Crippen molar-refractivity contribution in [2.45, 2.75) is 25.0 Å². The molecule has 0 spiro atoms. The summed E-state index contributed by atoms with van der Waals surface area (Å²) in [5, 5.41) is 8.96. The lowest BCUT2D eigenvalue weighted by Gasteiger charge is -2.21. The first-order valence-electron chi connectivity index (χ1n) is 7.87. The summed E-state index contributed by atoms with van der Waals surface area (Å²) in [5.74, 6) is -1.23. The van der Waals surface area contributed by atoms with Crippen molar-refractivity contribution in [3.63, 3.8) is 0 Å². The van der Waals surface area contributed by atoms with Crippen molar-refractivity contribution in [1.29, 1.82) is 0 Å². The van der Waals surface area contributed by atoms with Crippen molar-refractivity contribution in [3.8, 4) is 11.1 Å². The predicted molar refractivity (Wildman–Crippen MR) is 90.8 cm³/mol. The number of carbonyl (C=O) groups is 2. The van der Waals surface area contributed by atoms with Crippen LogP contribution < -0.4 is 4.90 Å². The molecule has 1 fully saturated rings. The maximum absolute atomic E-state index is 12.5. The molecule has 1 aliphatic heterocycles. The van der Waals surface area contributed by atoms with Gasteiger partial charge in [0.25, 0.3) is 5.91 Å². The number of carboxylic acid groups (broad SMARTS) is 1. The van der Waals surface area contributed by atoms with Crippen LogP contribution in [0.1, 0.15) is 12.8 Å². The fraction of sp³-hybridized carbons (Fsp3) is 0.263. The molecule has 0 unspecified atom stereocenters. The molecule has 2 aromatic rings. The van der Waals surface area contributed by atoms with E-state index in [9.17, 15) is 9.59 Å². The molecule has 124 valence electrons. The highest BCUT2D eigenvalue weighted by atomic mass is 16.5. The Kier molecular flexibility index (Phi) is 4.62. The number of benzene rings is 2. The van der Waals surface area contributed by atoms with Gasteiger partial charge in [0.05, 0.1) is 0 Å². The molecule has 0 radical (unpaired) electrons. The Hall–Kier alpha value is -2.66. The number of likely N-dealkylation sites (N-methyl/N-ethyl adjacent to an activating group) is 1. The molecule has 1 aliphatic rings. The normalized spacial score (nSPS) is 19.9. The van der Waals surface area contributed by atoms with Crippen LogP contribution in [0, 0.1) is 0 Å². The largest absolute Gasteiger partial charge is 0.479 e. The molecule has 24 heavy (non-hydrogen) atoms. The Morgan fingerprint density at radius 2 is 1.54 bits per heavy atom. The smallest absolute Gasteiger partial charge is 0.332 e. The first-order chi connectivity index (χ1) is 11.6. The van der Waals surface area contributed by atoms with E-state index < -0.39 is 18.2 Å². The monoisotopic (exact) mass is 325 g/mol. The zero-order valence-electron chi connectivity index (χ0n) is 13.4. The zero-order chi connectivity index (χ0) is 17.1. The summed E-state index contributed by atoms with van der Waals surface area (Å²) >= 11 is 0. The van der Waals surface area contributed by atoms with E-state index in [0.717, 1.165) is 16.8 Å². The van der Waals surface area contributed by atoms with Crippen LogP contribution in [0.4, 0.5) is 5.69 Å². The third-order valence-electron chi connectivity index (χ3n) is 4.26. The van der Waals surface area contributed by atoms with E-state index in [-0.39, 0.29) is 5.91 Å². The number of hydrogen-bond donors (Lipinski definition) is 1. The molecule has 2 aromatic carbocycles. The zero-order valence-corrected chi connectivity index (χ0v) is 13.4. The van der Waals surface area contributed by atoms with Crippen molar-refractivity contribution >= 4 is 17.6 Å². The molecule has 2 atom stereocenters. The van der Waals surface area contributed by atoms with Crippen LogP contribution in [0.2, 0.25) is 0 Å². The second-order valence-electron chi connectivity index (χ2n) is 5.84. The van der Waals surface area contributed by atoms with Crippen molar-refractivity contribution in [1.82, 2.24) is 0 Å². The highest BCUT2D eigenvalue weighted by molar-refractivity contribution is 5.96. The standard InChI is InChI=1S/C19H19NO4/c1-20(18(21)16-11-12-17(24-16)19(22)23)15-9-7-14(8-10-15)13-5-3-2-4-6-13/h2-10,16-17H,11-12H2,1H3,(H,22,23)/t16-,17+/m0/s1. The van der Waals surface area contributed by atoms with Gasteiger partial charge in [-0.05, 0) is 36.1 Å². The number of amides is 1. The van der Waals surface area contributed by atoms with Gasteiger partial charge in [-0.25, -0.2) is 4.79 Å². The fourth-order valence-corrected chi connectivity index (χ4v) is 2.85. The van der Waals surface area contributed by atoms with E-state index in [1.807, 2.05) is 54.6 Å². The van der Waals surface area contributed by atoms with Gasteiger partial charge in [0.1, 0.15) is 6.10 Å². The highest BCUT2D eigenvalue weighted by Gasteiger charge is 2.36. The summed E-state index contributed by atoms with van der Waals surface area (Å²) < 4.78 is 5.33. The van der Waals surface area contributed by atoms with E-state index in [1.165, 1.54) is 4.90 Å². The number of nitrogens with zero attached hydrogens (tertiary/aromatic N) is 1. The molecular weight excluding hydrogens is 306 g/mol. The van der Waals surface area contributed by atoms with Crippen LogP contribution in [-0.4, -0.2) is 36.2 Å². The van der Waals surface area contributed by atoms with Gasteiger partial charge in [0.2, 0.25) is 0 Å². The minimum absolute atomic E-state index is 0.216. The van der Waals surface area contributed by atoms with E-state index in [1.54, 1.807) is 7.05 Å². The van der Waals surface area contributed by atoms with Crippen molar-refractivity contribution < 1.29 is 19.4 Å². The van der Waals surface area contributed by atoms with Gasteiger partial charge >= 0.3 is 5.97 Å². The van der Waals surface area contributed by atoms with Crippen molar-refractivity contribution in [3.05, 3.63) is 54.6 Å². The van der Waals surface area contributed by atoms with Gasteiger partial charge in [-0.15, -0.1) is 0 Å². The average Bonchev–Trinajstić information content (AvgIpc) is 3.12. The van der Waals surface area contributed by atoms with Gasteiger partial charge in [-0.3, -0.25) is 4.79 Å². The summed E-state index contributed by atoms with van der Waals surface area (Å²) in [6.07, 6.45) is -0.771. The van der Waals surface area contributed by atoms with Crippen LogP contribution >= 0.6 is 0 Å². The molecule has 0 bridgehead atoms. The fourth-order valence-electron chi connectivity index (χ4n) is 2.85. The molecule has 0 saturated carbocycles. The molecule has 1 heterocycles. The summed E-state index contributed by atoms with van der Waals surface area (Å²) in [4.78, 5) is 24.9. The molecular formula is C19H19NO4. The summed E-state index contributed by atoms with van der Waals surface area (Å²) in [6, 6.07) is 17.7. The van der Waals surface area contributed by atoms with E-state index in [2.05, 4.69) is 0 Å². The number of aliphatic carboxylic acids is 1. The molecule has 0 aromatic heterocycles. The minimum atomic E-state index is -1.01. The number of carboxylic acids is 1. The van der Waals surface area contributed by atoms with Crippen LogP contribution in [0.25, 0.3) is 11.1 Å². The SMILES string of the molecule is CN(C(=O)[C@@H]1CC[C@H](C(=O)O)O1)c1ccc(-c2ccccc2)cc1. The second kappa shape index (κ2) is 6.84. The molecule has 3 rings (SSSR count). The van der Waals surface area contributed by atoms with Crippen LogP contribution in [0.5, 0.6) is 0 Å². The van der Waals surface area contributed by atoms with Gasteiger partial charge in [0, 0.05) is 12.7 Å². The Labute approximate surface area is 140 Å². The van der Waals surface area contributed by atoms with Gasteiger partial charge < -0.3 is 14.7 Å². The first kappa shape index (κ1) is 16.2. The van der Waals surface area contributed by atoms with E-state index in [4.69, 9.17) is 9.84 Å². The lowest BCUT2D eigenvalue weighted by atomic mass is 10.1. The predicted octanol–water partition coefficient (Wildman–Crippen LogP) is 2.95. The molecule has 5 heteroatoms. The van der Waals surface area contributed by atoms with Crippen LogP contribution in [-0.2, 0) is 14.3 Å². The van der Waals surface area contributed by atoms with Crippen molar-refractivity contribution in [2.24, 2.45) is 0 Å². The van der Waals surface area contributed by atoms with E-state index in [0.29, 0.717) is 12.8 Å². The Morgan fingerprint density at radius 1 is 0.958 bits per heavy atom. The number of rotatable bonds is 4. The molecule has 1 N–H and O–H groups in total. The number of hydrogen-bond acceptors (Lipinski definition) is 3. The van der Waals surface area contributed by atoms with Crippen LogP contribution in [0.15, 0.2) is 54.6 Å². The van der Waals surface area contributed by atoms with Gasteiger partial charge in [0.15, 0.2) is 6.10 Å². The molecule has 1 amide bonds. The van der Waals surface area contributed by atoms with Gasteiger partial charge in [-0.1, -0.05) is 42.5 Å². The Bertz CT molecular complexity index is 727. The lowest BCUT2D eigenvalue weighted by molar-refractivity contribution is -0.151. The highest BCUT2D eigenvalue weighted by Crippen LogP contribution is 2.26. The van der Waals surface area contributed by atoms with Crippen molar-refractivity contribution in [2.75, 3.05) is 11.9 Å². The number of anilines is 1. The average molecular weight is 325 g/mol. The molecule has 5 nitrogen and oxygen atoms in total. The summed E-state index contributed by atoms with van der Waals surface area (Å²) in [7, 11) is 1.68. The Balaban J connectivity index is 1.70. The number of carbonyl (C=O) groups excluding carboxylic acids is 1. The quantitative estimate of drug-likeness (QED) is 0.938. The molecule has 1 saturated heterocycles. The van der Waals surface area contributed by atoms with Gasteiger partial charge in [-0.2, -0.15) is 0 Å². The lowest BCUT2D eigenvalue weighted by Crippen LogP contribution is -2.37. The van der Waals surface area contributed by atoms with Crippen LogP contribution in [0.3, 0.4) is 0 Å². The maximum atomic E-state index is 12.5. The Morgan fingerprint density at radius 3 is 2.12 bits per heavy atom. The van der Waals surface area contributed by atoms with E-state index >= 15 is 0 Å².